The topological polar surface area (TPSA) is 86.5 Å². The van der Waals surface area contributed by atoms with Gasteiger partial charge in [-0.1, -0.05) is 11.6 Å². The van der Waals surface area contributed by atoms with Crippen molar-refractivity contribution in [2.75, 3.05) is 18.5 Å². The highest BCUT2D eigenvalue weighted by atomic mass is 35.5. The van der Waals surface area contributed by atoms with E-state index in [0.29, 0.717) is 23.1 Å². The summed E-state index contributed by atoms with van der Waals surface area (Å²) in [7, 11) is 0. The average Bonchev–Trinajstić information content (AvgIpc) is 3.13. The van der Waals surface area contributed by atoms with Crippen molar-refractivity contribution in [2.45, 2.75) is 20.8 Å². The molecule has 0 spiro atoms. The molecule has 0 aliphatic carbocycles. The van der Waals surface area contributed by atoms with E-state index in [-0.39, 0.29) is 18.3 Å². The first kappa shape index (κ1) is 19.7. The molecule has 1 aromatic heterocycles. The number of benzene rings is 2. The smallest absolute Gasteiger partial charge is 0.263 e. The summed E-state index contributed by atoms with van der Waals surface area (Å²) in [5, 5.41) is 11.0. The normalized spacial score (nSPS) is 10.6. The number of ether oxygens (including phenoxy) is 2. The van der Waals surface area contributed by atoms with Crippen LogP contribution in [0, 0.1) is 13.8 Å². The van der Waals surface area contributed by atoms with Gasteiger partial charge in [-0.15, -0.1) is 0 Å². The van der Waals surface area contributed by atoms with E-state index in [0.717, 1.165) is 22.4 Å². The van der Waals surface area contributed by atoms with E-state index < -0.39 is 0 Å². The number of amides is 1. The second-order valence-electron chi connectivity index (χ2n) is 6.13. The first-order valence-corrected chi connectivity index (χ1v) is 9.11. The molecule has 0 radical (unpaired) electrons. The van der Waals surface area contributed by atoms with Crippen LogP contribution in [0.25, 0.3) is 11.3 Å². The molecule has 146 valence electrons. The van der Waals surface area contributed by atoms with E-state index in [1.807, 2.05) is 45.0 Å². The summed E-state index contributed by atoms with van der Waals surface area (Å²) in [5.41, 5.74) is 2.94. The van der Waals surface area contributed by atoms with E-state index in [1.165, 1.54) is 0 Å². The Hall–Kier alpha value is -3.06. The lowest BCUT2D eigenvalue weighted by molar-refractivity contribution is -0.118. The molecule has 0 aliphatic heterocycles. The van der Waals surface area contributed by atoms with Gasteiger partial charge in [-0.2, -0.15) is 0 Å². The zero-order chi connectivity index (χ0) is 20.1. The van der Waals surface area contributed by atoms with Gasteiger partial charge in [0.15, 0.2) is 12.3 Å². The van der Waals surface area contributed by atoms with Gasteiger partial charge in [0.2, 0.25) is 5.82 Å². The molecule has 0 saturated carbocycles. The van der Waals surface area contributed by atoms with E-state index in [9.17, 15) is 4.79 Å². The molecule has 1 amide bonds. The highest BCUT2D eigenvalue weighted by Crippen LogP contribution is 2.27. The van der Waals surface area contributed by atoms with Crippen molar-refractivity contribution >= 4 is 23.3 Å². The van der Waals surface area contributed by atoms with Gasteiger partial charge < -0.3 is 14.8 Å². The monoisotopic (exact) mass is 401 g/mol. The number of nitrogens with one attached hydrogen (secondary N) is 1. The predicted molar refractivity (Wildman–Crippen MR) is 106 cm³/mol. The standard InChI is InChI=1S/C20H20ClN3O4/c1-4-26-15-7-5-14(6-8-15)19-20(24-28-23-19)22-17(25)11-27-16-9-12(2)18(21)13(3)10-16/h5-10H,4,11H2,1-3H3,(H,22,24,25). The largest absolute Gasteiger partial charge is 0.494 e. The van der Waals surface area contributed by atoms with Crippen LogP contribution in [0.15, 0.2) is 41.0 Å². The number of halogens is 1. The minimum absolute atomic E-state index is 0.184. The van der Waals surface area contributed by atoms with Gasteiger partial charge in [0, 0.05) is 10.6 Å². The fourth-order valence-corrected chi connectivity index (χ4v) is 2.75. The predicted octanol–water partition coefficient (Wildman–Crippen LogP) is 4.42. The first-order chi connectivity index (χ1) is 13.5. The number of hydrogen-bond donors (Lipinski definition) is 1. The second kappa shape index (κ2) is 8.75. The number of rotatable bonds is 7. The molecular formula is C20H20ClN3O4. The molecule has 0 saturated heterocycles. The average molecular weight is 402 g/mol. The Morgan fingerprint density at radius 1 is 1.07 bits per heavy atom. The number of aromatic nitrogens is 2. The zero-order valence-corrected chi connectivity index (χ0v) is 16.5. The Morgan fingerprint density at radius 3 is 2.39 bits per heavy atom. The van der Waals surface area contributed by atoms with Gasteiger partial charge >= 0.3 is 0 Å². The Kier molecular flexibility index (Phi) is 6.16. The highest BCUT2D eigenvalue weighted by Gasteiger charge is 2.16. The number of hydrogen-bond acceptors (Lipinski definition) is 6. The van der Waals surface area contributed by atoms with Crippen molar-refractivity contribution in [2.24, 2.45) is 0 Å². The second-order valence-corrected chi connectivity index (χ2v) is 6.50. The molecule has 2 aromatic carbocycles. The lowest BCUT2D eigenvalue weighted by Gasteiger charge is -2.10. The van der Waals surface area contributed by atoms with Crippen LogP contribution in [0.3, 0.4) is 0 Å². The van der Waals surface area contributed by atoms with Crippen LogP contribution in [0.5, 0.6) is 11.5 Å². The molecule has 3 rings (SSSR count). The Morgan fingerprint density at radius 2 is 1.75 bits per heavy atom. The minimum Gasteiger partial charge on any atom is -0.494 e. The number of carbonyl (C=O) groups is 1. The van der Waals surface area contributed by atoms with Gasteiger partial charge in [0.05, 0.1) is 6.61 Å². The molecule has 0 atom stereocenters. The lowest BCUT2D eigenvalue weighted by atomic mass is 10.1. The van der Waals surface area contributed by atoms with Crippen LogP contribution in [-0.2, 0) is 4.79 Å². The molecule has 0 bridgehead atoms. The van der Waals surface area contributed by atoms with Crippen LogP contribution in [0.4, 0.5) is 5.82 Å². The van der Waals surface area contributed by atoms with E-state index in [2.05, 4.69) is 15.6 Å². The third-order valence-electron chi connectivity index (χ3n) is 3.96. The SMILES string of the molecule is CCOc1ccc(-c2nonc2NC(=O)COc2cc(C)c(Cl)c(C)c2)cc1. The summed E-state index contributed by atoms with van der Waals surface area (Å²) >= 11 is 6.14. The maximum Gasteiger partial charge on any atom is 0.263 e. The highest BCUT2D eigenvalue weighted by molar-refractivity contribution is 6.32. The molecule has 0 unspecified atom stereocenters. The molecular weight excluding hydrogens is 382 g/mol. The Balaban J connectivity index is 1.64. The van der Waals surface area contributed by atoms with Crippen molar-refractivity contribution in [3.63, 3.8) is 0 Å². The van der Waals surface area contributed by atoms with E-state index in [1.54, 1.807) is 12.1 Å². The first-order valence-electron chi connectivity index (χ1n) is 8.73. The zero-order valence-electron chi connectivity index (χ0n) is 15.8. The maximum absolute atomic E-state index is 12.3. The van der Waals surface area contributed by atoms with Crippen molar-refractivity contribution in [1.82, 2.24) is 10.3 Å². The summed E-state index contributed by atoms with van der Waals surface area (Å²) < 4.78 is 15.8. The number of nitrogens with zero attached hydrogens (tertiary/aromatic N) is 2. The third-order valence-corrected chi connectivity index (χ3v) is 4.56. The molecule has 7 nitrogen and oxygen atoms in total. The molecule has 0 aliphatic rings. The fraction of sp³-hybridized carbons (Fsp3) is 0.250. The minimum atomic E-state index is -0.381. The fourth-order valence-electron chi connectivity index (χ4n) is 2.64. The van der Waals surface area contributed by atoms with E-state index >= 15 is 0 Å². The van der Waals surface area contributed by atoms with Crippen molar-refractivity contribution in [1.29, 1.82) is 0 Å². The summed E-state index contributed by atoms with van der Waals surface area (Å²) in [4.78, 5) is 12.3. The molecule has 3 aromatic rings. The van der Waals surface area contributed by atoms with Crippen LogP contribution < -0.4 is 14.8 Å². The third kappa shape index (κ3) is 4.61. The lowest BCUT2D eigenvalue weighted by Crippen LogP contribution is -2.20. The van der Waals surface area contributed by atoms with Gasteiger partial charge in [0.25, 0.3) is 5.91 Å². The molecule has 1 heterocycles. The van der Waals surface area contributed by atoms with Crippen LogP contribution in [0.2, 0.25) is 5.02 Å². The van der Waals surface area contributed by atoms with Crippen LogP contribution in [0.1, 0.15) is 18.1 Å². The van der Waals surface area contributed by atoms with Gasteiger partial charge in [-0.05, 0) is 78.6 Å². The summed E-state index contributed by atoms with van der Waals surface area (Å²) in [6.45, 7) is 6.08. The maximum atomic E-state index is 12.3. The van der Waals surface area contributed by atoms with E-state index in [4.69, 9.17) is 25.7 Å². The molecule has 8 heteroatoms. The van der Waals surface area contributed by atoms with Crippen molar-refractivity contribution in [3.05, 3.63) is 52.5 Å². The van der Waals surface area contributed by atoms with Crippen LogP contribution in [-0.4, -0.2) is 29.4 Å². The van der Waals surface area contributed by atoms with Gasteiger partial charge in [-0.3, -0.25) is 4.79 Å². The quantitative estimate of drug-likeness (QED) is 0.630. The number of carbonyl (C=O) groups excluding carboxylic acids is 1. The molecule has 1 N–H and O–H groups in total. The summed E-state index contributed by atoms with van der Waals surface area (Å²) in [6, 6.07) is 10.8. The van der Waals surface area contributed by atoms with Crippen LogP contribution >= 0.6 is 11.6 Å². The molecule has 28 heavy (non-hydrogen) atoms. The number of aryl methyl sites for hydroxylation is 2. The number of anilines is 1. The molecule has 0 fully saturated rings. The van der Waals surface area contributed by atoms with Gasteiger partial charge in [0.1, 0.15) is 11.5 Å². The Labute approximate surface area is 167 Å². The summed E-state index contributed by atoms with van der Waals surface area (Å²) in [6.07, 6.45) is 0. The summed E-state index contributed by atoms with van der Waals surface area (Å²) in [5.74, 6) is 1.16. The Bertz CT molecular complexity index is 947. The van der Waals surface area contributed by atoms with Gasteiger partial charge in [-0.25, -0.2) is 4.63 Å². The van der Waals surface area contributed by atoms with Crippen molar-refractivity contribution in [3.8, 4) is 22.8 Å². The van der Waals surface area contributed by atoms with Crippen molar-refractivity contribution < 1.29 is 18.9 Å².